The smallest absolute Gasteiger partial charge is 0.317 e. The van der Waals surface area contributed by atoms with E-state index in [1.165, 1.54) is 32.1 Å². The van der Waals surface area contributed by atoms with Crippen LogP contribution in [0.1, 0.15) is 52.4 Å². The average Bonchev–Trinajstić information content (AvgIpc) is 2.38. The van der Waals surface area contributed by atoms with Gasteiger partial charge in [-0.1, -0.05) is 32.1 Å². The molecule has 0 bridgehead atoms. The Labute approximate surface area is 116 Å². The molecule has 2 aliphatic rings. The van der Waals surface area contributed by atoms with Crippen molar-refractivity contribution >= 4 is 6.03 Å². The summed E-state index contributed by atoms with van der Waals surface area (Å²) in [5.41, 5.74) is -0.209. The van der Waals surface area contributed by atoms with Gasteiger partial charge in [0, 0.05) is 13.1 Å². The molecule has 1 saturated carbocycles. The third-order valence-electron chi connectivity index (χ3n) is 4.27. The van der Waals surface area contributed by atoms with Crippen molar-refractivity contribution in [2.75, 3.05) is 26.2 Å². The van der Waals surface area contributed by atoms with Gasteiger partial charge in [-0.25, -0.2) is 4.79 Å². The minimum absolute atomic E-state index is 0.0761. The van der Waals surface area contributed by atoms with Crippen molar-refractivity contribution in [2.24, 2.45) is 5.92 Å². The van der Waals surface area contributed by atoms with Gasteiger partial charge in [-0.2, -0.15) is 0 Å². The average molecular weight is 268 g/mol. The van der Waals surface area contributed by atoms with Crippen LogP contribution in [0.3, 0.4) is 0 Å². The molecule has 0 aromatic rings. The highest BCUT2D eigenvalue weighted by molar-refractivity contribution is 5.74. The predicted molar refractivity (Wildman–Crippen MR) is 76.2 cm³/mol. The van der Waals surface area contributed by atoms with Crippen LogP contribution in [0.5, 0.6) is 0 Å². The van der Waals surface area contributed by atoms with Crippen LogP contribution in [-0.4, -0.2) is 42.8 Å². The van der Waals surface area contributed by atoms with Crippen molar-refractivity contribution in [1.29, 1.82) is 0 Å². The molecule has 2 amide bonds. The zero-order chi connectivity index (χ0) is 13.7. The fraction of sp³-hybridized carbons (Fsp3) is 0.933. The van der Waals surface area contributed by atoms with E-state index in [2.05, 4.69) is 5.32 Å². The van der Waals surface area contributed by atoms with Gasteiger partial charge in [0.1, 0.15) is 0 Å². The number of hydrogen-bond donors (Lipinski definition) is 1. The standard InChI is InChI=1S/C15H28N2O2/c1-15(2)12-17(10-11-19-15)14(18)16-9-8-13-6-4-3-5-7-13/h13H,3-12H2,1-2H3,(H,16,18). The van der Waals surface area contributed by atoms with Crippen LogP contribution in [0.2, 0.25) is 0 Å². The lowest BCUT2D eigenvalue weighted by Gasteiger charge is -2.38. The van der Waals surface area contributed by atoms with Crippen LogP contribution >= 0.6 is 0 Å². The molecule has 0 aromatic heterocycles. The number of morpholine rings is 1. The van der Waals surface area contributed by atoms with Gasteiger partial charge in [0.25, 0.3) is 0 Å². The number of nitrogens with zero attached hydrogens (tertiary/aromatic N) is 1. The quantitative estimate of drug-likeness (QED) is 0.855. The second-order valence-corrected chi connectivity index (χ2v) is 6.55. The summed E-state index contributed by atoms with van der Waals surface area (Å²) in [6, 6.07) is 0.0761. The third-order valence-corrected chi connectivity index (χ3v) is 4.27. The summed E-state index contributed by atoms with van der Waals surface area (Å²) in [6.45, 7) is 6.92. The normalized spacial score (nSPS) is 24.2. The first kappa shape index (κ1) is 14.6. The molecule has 1 aliphatic carbocycles. The molecule has 2 rings (SSSR count). The summed E-state index contributed by atoms with van der Waals surface area (Å²) in [5, 5.41) is 3.07. The van der Waals surface area contributed by atoms with Gasteiger partial charge in [0.2, 0.25) is 0 Å². The summed E-state index contributed by atoms with van der Waals surface area (Å²) < 4.78 is 5.62. The molecule has 4 heteroatoms. The van der Waals surface area contributed by atoms with Crippen LogP contribution in [-0.2, 0) is 4.74 Å². The van der Waals surface area contributed by atoms with Crippen molar-refractivity contribution in [1.82, 2.24) is 10.2 Å². The van der Waals surface area contributed by atoms with Gasteiger partial charge in [-0.05, 0) is 26.2 Å². The molecule has 0 aromatic carbocycles. The van der Waals surface area contributed by atoms with E-state index in [0.717, 1.165) is 18.9 Å². The van der Waals surface area contributed by atoms with Crippen LogP contribution in [0.4, 0.5) is 4.79 Å². The SMILES string of the molecule is CC1(C)CN(C(=O)NCCC2CCCCC2)CCO1. The van der Waals surface area contributed by atoms with Crippen LogP contribution in [0.15, 0.2) is 0 Å². The molecule has 1 heterocycles. The first-order valence-electron chi connectivity index (χ1n) is 7.73. The van der Waals surface area contributed by atoms with Gasteiger partial charge in [0.05, 0.1) is 18.8 Å². The minimum Gasteiger partial charge on any atom is -0.372 e. The topological polar surface area (TPSA) is 41.6 Å². The molecule has 0 unspecified atom stereocenters. The maximum atomic E-state index is 12.1. The second-order valence-electron chi connectivity index (χ2n) is 6.55. The minimum atomic E-state index is -0.209. The van der Waals surface area contributed by atoms with E-state index >= 15 is 0 Å². The molecule has 0 atom stereocenters. The highest BCUT2D eigenvalue weighted by atomic mass is 16.5. The van der Waals surface area contributed by atoms with Gasteiger partial charge < -0.3 is 15.0 Å². The molecule has 0 radical (unpaired) electrons. The van der Waals surface area contributed by atoms with E-state index in [1.54, 1.807) is 0 Å². The zero-order valence-corrected chi connectivity index (χ0v) is 12.4. The van der Waals surface area contributed by atoms with Crippen LogP contribution in [0, 0.1) is 5.92 Å². The first-order chi connectivity index (χ1) is 9.07. The van der Waals surface area contributed by atoms with E-state index in [-0.39, 0.29) is 11.6 Å². The highest BCUT2D eigenvalue weighted by Gasteiger charge is 2.29. The van der Waals surface area contributed by atoms with E-state index in [9.17, 15) is 4.79 Å². The monoisotopic (exact) mass is 268 g/mol. The maximum Gasteiger partial charge on any atom is 0.317 e. The summed E-state index contributed by atoms with van der Waals surface area (Å²) in [4.78, 5) is 14.0. The Bertz CT molecular complexity index is 299. The van der Waals surface area contributed by atoms with Crippen molar-refractivity contribution in [3.8, 4) is 0 Å². The van der Waals surface area contributed by atoms with Crippen LogP contribution in [0.25, 0.3) is 0 Å². The van der Waals surface area contributed by atoms with E-state index in [1.807, 2.05) is 18.7 Å². The largest absolute Gasteiger partial charge is 0.372 e. The summed E-state index contributed by atoms with van der Waals surface area (Å²) in [7, 11) is 0. The second kappa shape index (κ2) is 6.60. The summed E-state index contributed by atoms with van der Waals surface area (Å²) >= 11 is 0. The van der Waals surface area contributed by atoms with Gasteiger partial charge in [0.15, 0.2) is 0 Å². The van der Waals surface area contributed by atoms with E-state index in [4.69, 9.17) is 4.74 Å². The number of amides is 2. The van der Waals surface area contributed by atoms with E-state index < -0.39 is 0 Å². The first-order valence-corrected chi connectivity index (χ1v) is 7.73. The Balaban J connectivity index is 1.66. The lowest BCUT2D eigenvalue weighted by Crippen LogP contribution is -2.53. The third kappa shape index (κ3) is 4.68. The van der Waals surface area contributed by atoms with Gasteiger partial charge in [-0.15, -0.1) is 0 Å². The number of hydrogen-bond acceptors (Lipinski definition) is 2. The molecule has 110 valence electrons. The highest BCUT2D eigenvalue weighted by Crippen LogP contribution is 2.25. The fourth-order valence-electron chi connectivity index (χ4n) is 3.16. The molecule has 19 heavy (non-hydrogen) atoms. The lowest BCUT2D eigenvalue weighted by molar-refractivity contribution is -0.0733. The zero-order valence-electron chi connectivity index (χ0n) is 12.4. The Morgan fingerprint density at radius 1 is 1.32 bits per heavy atom. The molecule has 0 spiro atoms. The number of carbonyl (C=O) groups excluding carboxylic acids is 1. The maximum absolute atomic E-state index is 12.1. The summed E-state index contributed by atoms with van der Waals surface area (Å²) in [5.74, 6) is 0.829. The number of ether oxygens (including phenoxy) is 1. The molecule has 1 N–H and O–H groups in total. The molecule has 1 saturated heterocycles. The van der Waals surface area contributed by atoms with E-state index in [0.29, 0.717) is 19.7 Å². The lowest BCUT2D eigenvalue weighted by atomic mass is 9.87. The van der Waals surface area contributed by atoms with Crippen molar-refractivity contribution in [3.63, 3.8) is 0 Å². The number of urea groups is 1. The molecule has 4 nitrogen and oxygen atoms in total. The summed E-state index contributed by atoms with van der Waals surface area (Å²) in [6.07, 6.45) is 7.97. The molecular weight excluding hydrogens is 240 g/mol. The molecular formula is C15H28N2O2. The fourth-order valence-corrected chi connectivity index (χ4v) is 3.16. The van der Waals surface area contributed by atoms with Crippen LogP contribution < -0.4 is 5.32 Å². The number of rotatable bonds is 3. The van der Waals surface area contributed by atoms with Crippen molar-refractivity contribution in [2.45, 2.75) is 58.0 Å². The van der Waals surface area contributed by atoms with Crippen molar-refractivity contribution < 1.29 is 9.53 Å². The Morgan fingerprint density at radius 2 is 2.05 bits per heavy atom. The molecule has 1 aliphatic heterocycles. The molecule has 2 fully saturated rings. The van der Waals surface area contributed by atoms with Crippen molar-refractivity contribution in [3.05, 3.63) is 0 Å². The Morgan fingerprint density at radius 3 is 2.74 bits per heavy atom. The number of nitrogens with one attached hydrogen (secondary N) is 1. The number of carbonyl (C=O) groups is 1. The Hall–Kier alpha value is -0.770. The Kier molecular flexibility index (Phi) is 5.08. The van der Waals surface area contributed by atoms with Gasteiger partial charge >= 0.3 is 6.03 Å². The predicted octanol–water partition coefficient (Wildman–Crippen LogP) is 2.78. The van der Waals surface area contributed by atoms with Gasteiger partial charge in [-0.3, -0.25) is 0 Å².